The Labute approximate surface area is 177 Å². The van der Waals surface area contributed by atoms with Crippen LogP contribution in [-0.2, 0) is 16.1 Å². The molecule has 2 N–H and O–H groups in total. The minimum atomic E-state index is -0.684. The maximum atomic E-state index is 10.5. The van der Waals surface area contributed by atoms with Crippen LogP contribution in [0.4, 0.5) is 0 Å². The van der Waals surface area contributed by atoms with Gasteiger partial charge in [0.15, 0.2) is 0 Å². The fourth-order valence-electron chi connectivity index (χ4n) is 3.65. The Bertz CT molecular complexity index is 489. The molecule has 1 unspecified atom stereocenters. The number of hydrogen-bond acceptors (Lipinski definition) is 3. The van der Waals surface area contributed by atoms with E-state index in [1.54, 1.807) is 0 Å². The third kappa shape index (κ3) is 16.1. The molecule has 0 saturated heterocycles. The van der Waals surface area contributed by atoms with Gasteiger partial charge in [-0.05, 0) is 31.2 Å². The Kier molecular flexibility index (Phi) is 16.5. The number of carbonyl (C=O) groups is 1. The molecule has 0 fully saturated rings. The Hall–Kier alpha value is -1.39. The monoisotopic (exact) mass is 406 g/mol. The average molecular weight is 407 g/mol. The third-order valence-electron chi connectivity index (χ3n) is 5.43. The Morgan fingerprint density at radius 1 is 0.759 bits per heavy atom. The number of aliphatic hydroxyl groups is 1. The predicted octanol–water partition coefficient (Wildman–Crippen LogP) is 6.50. The van der Waals surface area contributed by atoms with E-state index < -0.39 is 5.97 Å². The molecule has 29 heavy (non-hydrogen) atoms. The first kappa shape index (κ1) is 25.6. The van der Waals surface area contributed by atoms with Crippen molar-refractivity contribution in [2.45, 2.75) is 109 Å². The SMILES string of the molecule is O=C(O)CCCCCCCCC(CCCCCCCCO)OCc1ccccc1. The van der Waals surface area contributed by atoms with E-state index in [9.17, 15) is 4.79 Å². The van der Waals surface area contributed by atoms with E-state index in [4.69, 9.17) is 14.9 Å². The first-order chi connectivity index (χ1) is 14.2. The van der Waals surface area contributed by atoms with Crippen molar-refractivity contribution >= 4 is 5.97 Å². The maximum absolute atomic E-state index is 10.5. The molecule has 0 amide bonds. The number of hydrogen-bond donors (Lipinski definition) is 2. The lowest BCUT2D eigenvalue weighted by Crippen LogP contribution is -2.13. The van der Waals surface area contributed by atoms with Crippen molar-refractivity contribution in [1.82, 2.24) is 0 Å². The number of carboxylic acid groups (broad SMARTS) is 1. The van der Waals surface area contributed by atoms with Gasteiger partial charge in [-0.25, -0.2) is 0 Å². The van der Waals surface area contributed by atoms with Crippen LogP contribution in [0.3, 0.4) is 0 Å². The Morgan fingerprint density at radius 2 is 1.28 bits per heavy atom. The highest BCUT2D eigenvalue weighted by atomic mass is 16.5. The number of carboxylic acids is 1. The van der Waals surface area contributed by atoms with Crippen molar-refractivity contribution in [2.24, 2.45) is 0 Å². The fraction of sp³-hybridized carbons (Fsp3) is 0.720. The van der Waals surface area contributed by atoms with Crippen LogP contribution in [0.1, 0.15) is 102 Å². The van der Waals surface area contributed by atoms with Gasteiger partial charge in [-0.15, -0.1) is 0 Å². The summed E-state index contributed by atoms with van der Waals surface area (Å²) < 4.78 is 6.25. The summed E-state index contributed by atoms with van der Waals surface area (Å²) in [5, 5.41) is 17.5. The molecule has 0 heterocycles. The summed E-state index contributed by atoms with van der Waals surface area (Å²) in [6.45, 7) is 1.01. The number of unbranched alkanes of at least 4 members (excludes halogenated alkanes) is 10. The second-order valence-electron chi connectivity index (χ2n) is 8.11. The van der Waals surface area contributed by atoms with Crippen LogP contribution in [0.25, 0.3) is 0 Å². The highest BCUT2D eigenvalue weighted by Crippen LogP contribution is 2.18. The summed E-state index contributed by atoms with van der Waals surface area (Å²) >= 11 is 0. The summed E-state index contributed by atoms with van der Waals surface area (Å²) in [7, 11) is 0. The molecule has 4 heteroatoms. The largest absolute Gasteiger partial charge is 0.481 e. The van der Waals surface area contributed by atoms with Gasteiger partial charge in [0, 0.05) is 13.0 Å². The molecule has 0 aliphatic heterocycles. The van der Waals surface area contributed by atoms with Gasteiger partial charge in [-0.2, -0.15) is 0 Å². The molecule has 4 nitrogen and oxygen atoms in total. The standard InChI is InChI=1S/C25H42O4/c26-21-15-8-4-3-6-13-19-24(29-22-23-16-10-9-11-17-23)18-12-5-1-2-7-14-20-25(27)28/h9-11,16-17,24,26H,1-8,12-15,18-22H2,(H,27,28). The summed E-state index contributed by atoms with van der Waals surface area (Å²) in [5.41, 5.74) is 1.24. The van der Waals surface area contributed by atoms with Crippen LogP contribution >= 0.6 is 0 Å². The highest BCUT2D eigenvalue weighted by molar-refractivity contribution is 5.66. The van der Waals surface area contributed by atoms with Crippen LogP contribution in [0.5, 0.6) is 0 Å². The normalized spacial score (nSPS) is 12.2. The molecule has 0 aliphatic rings. The molecule has 0 aromatic heterocycles. The van der Waals surface area contributed by atoms with E-state index in [2.05, 4.69) is 24.3 Å². The Morgan fingerprint density at radius 3 is 1.83 bits per heavy atom. The summed E-state index contributed by atoms with van der Waals surface area (Å²) in [5.74, 6) is -0.684. The lowest BCUT2D eigenvalue weighted by atomic mass is 10.0. The van der Waals surface area contributed by atoms with E-state index in [1.165, 1.54) is 50.5 Å². The lowest BCUT2D eigenvalue weighted by molar-refractivity contribution is -0.137. The zero-order valence-corrected chi connectivity index (χ0v) is 18.2. The topological polar surface area (TPSA) is 66.8 Å². The van der Waals surface area contributed by atoms with Crippen LogP contribution in [0, 0.1) is 0 Å². The van der Waals surface area contributed by atoms with Crippen LogP contribution in [0.15, 0.2) is 30.3 Å². The third-order valence-corrected chi connectivity index (χ3v) is 5.43. The van der Waals surface area contributed by atoms with Gasteiger partial charge in [0.2, 0.25) is 0 Å². The van der Waals surface area contributed by atoms with Crippen LogP contribution < -0.4 is 0 Å². The van der Waals surface area contributed by atoms with Gasteiger partial charge in [0.25, 0.3) is 0 Å². The van der Waals surface area contributed by atoms with E-state index in [1.807, 2.05) is 6.07 Å². The van der Waals surface area contributed by atoms with Gasteiger partial charge in [0.1, 0.15) is 0 Å². The number of aliphatic carboxylic acids is 1. The van der Waals surface area contributed by atoms with Gasteiger partial charge in [-0.3, -0.25) is 4.79 Å². The van der Waals surface area contributed by atoms with E-state index in [-0.39, 0.29) is 0 Å². The van der Waals surface area contributed by atoms with Gasteiger partial charge >= 0.3 is 5.97 Å². The number of rotatable bonds is 20. The maximum Gasteiger partial charge on any atom is 0.303 e. The average Bonchev–Trinajstić information content (AvgIpc) is 2.73. The van der Waals surface area contributed by atoms with E-state index in [0.29, 0.717) is 25.7 Å². The minimum absolute atomic E-state index is 0.301. The predicted molar refractivity (Wildman–Crippen MR) is 119 cm³/mol. The van der Waals surface area contributed by atoms with Gasteiger partial charge in [0.05, 0.1) is 12.7 Å². The van der Waals surface area contributed by atoms with Crippen LogP contribution in [0.2, 0.25) is 0 Å². The van der Waals surface area contributed by atoms with E-state index in [0.717, 1.165) is 44.9 Å². The second kappa shape index (κ2) is 18.6. The van der Waals surface area contributed by atoms with Gasteiger partial charge in [-0.1, -0.05) is 94.5 Å². The molecule has 1 aromatic carbocycles. The van der Waals surface area contributed by atoms with Crippen molar-refractivity contribution < 1.29 is 19.7 Å². The molecule has 0 radical (unpaired) electrons. The highest BCUT2D eigenvalue weighted by Gasteiger charge is 2.09. The number of benzene rings is 1. The molecule has 166 valence electrons. The first-order valence-electron chi connectivity index (χ1n) is 11.7. The molecule has 0 spiro atoms. The second-order valence-corrected chi connectivity index (χ2v) is 8.11. The molecular weight excluding hydrogens is 364 g/mol. The van der Waals surface area contributed by atoms with Gasteiger partial charge < -0.3 is 14.9 Å². The first-order valence-corrected chi connectivity index (χ1v) is 11.7. The summed E-state index contributed by atoms with van der Waals surface area (Å²) in [6.07, 6.45) is 16.4. The van der Waals surface area contributed by atoms with Crippen molar-refractivity contribution in [3.05, 3.63) is 35.9 Å². The number of aliphatic hydroxyl groups excluding tert-OH is 1. The van der Waals surface area contributed by atoms with Crippen molar-refractivity contribution in [1.29, 1.82) is 0 Å². The van der Waals surface area contributed by atoms with E-state index >= 15 is 0 Å². The molecule has 0 bridgehead atoms. The van der Waals surface area contributed by atoms with Crippen molar-refractivity contribution in [3.63, 3.8) is 0 Å². The van der Waals surface area contributed by atoms with Crippen molar-refractivity contribution in [2.75, 3.05) is 6.61 Å². The zero-order valence-electron chi connectivity index (χ0n) is 18.2. The lowest BCUT2D eigenvalue weighted by Gasteiger charge is -2.18. The number of ether oxygens (including phenoxy) is 1. The molecule has 1 rings (SSSR count). The Balaban J connectivity index is 2.18. The molecule has 0 aliphatic carbocycles. The summed E-state index contributed by atoms with van der Waals surface area (Å²) in [4.78, 5) is 10.5. The summed E-state index contributed by atoms with van der Waals surface area (Å²) in [6, 6.07) is 10.4. The molecule has 1 atom stereocenters. The fourth-order valence-corrected chi connectivity index (χ4v) is 3.65. The molecule has 0 saturated carbocycles. The quantitative estimate of drug-likeness (QED) is 0.243. The molecule has 1 aromatic rings. The molecular formula is C25H42O4. The zero-order chi connectivity index (χ0) is 21.0. The minimum Gasteiger partial charge on any atom is -0.481 e. The smallest absolute Gasteiger partial charge is 0.303 e. The van der Waals surface area contributed by atoms with Crippen molar-refractivity contribution in [3.8, 4) is 0 Å². The van der Waals surface area contributed by atoms with Crippen LogP contribution in [-0.4, -0.2) is 28.9 Å².